The van der Waals surface area contributed by atoms with Crippen LogP contribution in [0.5, 0.6) is 0 Å². The summed E-state index contributed by atoms with van der Waals surface area (Å²) >= 11 is 0. The number of amidine groups is 1. The van der Waals surface area contributed by atoms with E-state index in [4.69, 9.17) is 10.9 Å². The van der Waals surface area contributed by atoms with Gasteiger partial charge in [0.25, 0.3) is 0 Å². The van der Waals surface area contributed by atoms with Crippen molar-refractivity contribution in [2.75, 3.05) is 13.1 Å². The van der Waals surface area contributed by atoms with Gasteiger partial charge < -0.3 is 15.8 Å². The van der Waals surface area contributed by atoms with E-state index in [-0.39, 0.29) is 5.41 Å². The second-order valence-corrected chi connectivity index (χ2v) is 6.15. The molecule has 1 aliphatic heterocycles. The molecule has 17 heavy (non-hydrogen) atoms. The maximum absolute atomic E-state index is 8.75. The molecule has 1 aliphatic rings. The maximum Gasteiger partial charge on any atom is 0.144 e. The van der Waals surface area contributed by atoms with Crippen LogP contribution in [0.4, 0.5) is 0 Å². The molecule has 4 heteroatoms. The average molecular weight is 241 g/mol. The van der Waals surface area contributed by atoms with Gasteiger partial charge in [0, 0.05) is 18.0 Å². The molecule has 100 valence electrons. The Morgan fingerprint density at radius 1 is 1.41 bits per heavy atom. The molecule has 2 unspecified atom stereocenters. The first-order valence-corrected chi connectivity index (χ1v) is 6.59. The second-order valence-electron chi connectivity index (χ2n) is 6.15. The zero-order valence-corrected chi connectivity index (χ0v) is 11.6. The van der Waals surface area contributed by atoms with E-state index in [0.29, 0.717) is 11.9 Å². The van der Waals surface area contributed by atoms with Crippen LogP contribution in [0.25, 0.3) is 0 Å². The Bertz CT molecular complexity index is 276. The van der Waals surface area contributed by atoms with Gasteiger partial charge in [0.1, 0.15) is 5.84 Å². The fourth-order valence-electron chi connectivity index (χ4n) is 2.38. The number of hydrogen-bond acceptors (Lipinski definition) is 3. The third-order valence-electron chi connectivity index (χ3n) is 4.07. The van der Waals surface area contributed by atoms with Crippen LogP contribution in [-0.4, -0.2) is 35.1 Å². The van der Waals surface area contributed by atoms with E-state index >= 15 is 0 Å². The summed E-state index contributed by atoms with van der Waals surface area (Å²) in [5.41, 5.74) is 5.48. The number of oxime groups is 1. The minimum atomic E-state index is -0.227. The summed E-state index contributed by atoms with van der Waals surface area (Å²) < 4.78 is 0. The third-order valence-corrected chi connectivity index (χ3v) is 4.07. The zero-order chi connectivity index (χ0) is 13.1. The molecule has 1 rings (SSSR count). The Morgan fingerprint density at radius 3 is 2.65 bits per heavy atom. The van der Waals surface area contributed by atoms with Crippen molar-refractivity contribution in [3.63, 3.8) is 0 Å². The van der Waals surface area contributed by atoms with Gasteiger partial charge in [0.05, 0.1) is 0 Å². The van der Waals surface area contributed by atoms with Crippen LogP contribution in [-0.2, 0) is 0 Å². The van der Waals surface area contributed by atoms with Crippen LogP contribution in [0.15, 0.2) is 5.16 Å². The number of nitrogens with zero attached hydrogens (tertiary/aromatic N) is 2. The summed E-state index contributed by atoms with van der Waals surface area (Å²) in [7, 11) is 0. The summed E-state index contributed by atoms with van der Waals surface area (Å²) in [6.45, 7) is 10.9. The van der Waals surface area contributed by atoms with E-state index < -0.39 is 0 Å². The molecule has 0 spiro atoms. The fourth-order valence-corrected chi connectivity index (χ4v) is 2.38. The second kappa shape index (κ2) is 5.71. The Morgan fingerprint density at radius 2 is 2.06 bits per heavy atom. The lowest BCUT2D eigenvalue weighted by Gasteiger charge is -2.38. The van der Waals surface area contributed by atoms with Crippen LogP contribution >= 0.6 is 0 Å². The quantitative estimate of drug-likeness (QED) is 0.343. The number of piperidine rings is 1. The first-order chi connectivity index (χ1) is 7.86. The van der Waals surface area contributed by atoms with Gasteiger partial charge in [-0.2, -0.15) is 0 Å². The predicted octanol–water partition coefficient (Wildman–Crippen LogP) is 2.27. The number of likely N-dealkylation sites (tertiary alicyclic amines) is 1. The van der Waals surface area contributed by atoms with Gasteiger partial charge in [-0.15, -0.1) is 0 Å². The van der Waals surface area contributed by atoms with E-state index in [1.165, 1.54) is 19.4 Å². The molecule has 0 bridgehead atoms. The van der Waals surface area contributed by atoms with E-state index in [0.717, 1.165) is 18.9 Å². The molecule has 0 radical (unpaired) electrons. The normalized spacial score (nSPS) is 28.4. The molecule has 0 saturated carbocycles. The van der Waals surface area contributed by atoms with Crippen molar-refractivity contribution in [1.82, 2.24) is 4.90 Å². The number of nitrogens with two attached hydrogens (primary N) is 1. The Hall–Kier alpha value is -0.770. The molecule has 0 aromatic carbocycles. The SMILES string of the molecule is CC1CCC(C)N(CCC(C)(C)C(N)=NO)C1. The summed E-state index contributed by atoms with van der Waals surface area (Å²) in [6, 6.07) is 0.661. The molecular formula is C13H27N3O. The number of hydrogen-bond donors (Lipinski definition) is 2. The summed E-state index contributed by atoms with van der Waals surface area (Å²) in [4.78, 5) is 2.53. The highest BCUT2D eigenvalue weighted by Gasteiger charge is 2.28. The maximum atomic E-state index is 8.75. The smallest absolute Gasteiger partial charge is 0.144 e. The summed E-state index contributed by atoms with van der Waals surface area (Å²) in [5.74, 6) is 1.12. The molecule has 3 N–H and O–H groups in total. The van der Waals surface area contributed by atoms with E-state index in [9.17, 15) is 0 Å². The summed E-state index contributed by atoms with van der Waals surface area (Å²) in [6.07, 6.45) is 3.55. The molecular weight excluding hydrogens is 214 g/mol. The lowest BCUT2D eigenvalue weighted by Crippen LogP contribution is -2.44. The first kappa shape index (κ1) is 14.3. The topological polar surface area (TPSA) is 61.8 Å². The van der Waals surface area contributed by atoms with Gasteiger partial charge in [0.2, 0.25) is 0 Å². The molecule has 0 aliphatic carbocycles. The van der Waals surface area contributed by atoms with E-state index in [1.54, 1.807) is 0 Å². The highest BCUT2D eigenvalue weighted by atomic mass is 16.4. The molecule has 1 fully saturated rings. The first-order valence-electron chi connectivity index (χ1n) is 6.59. The molecule has 1 heterocycles. The van der Waals surface area contributed by atoms with Gasteiger partial charge >= 0.3 is 0 Å². The third kappa shape index (κ3) is 3.87. The molecule has 1 saturated heterocycles. The van der Waals surface area contributed by atoms with Crippen molar-refractivity contribution < 1.29 is 5.21 Å². The van der Waals surface area contributed by atoms with E-state index in [2.05, 4.69) is 23.9 Å². The number of rotatable bonds is 4. The van der Waals surface area contributed by atoms with Crippen LogP contribution in [0.1, 0.15) is 47.0 Å². The van der Waals surface area contributed by atoms with Crippen molar-refractivity contribution in [1.29, 1.82) is 0 Å². The van der Waals surface area contributed by atoms with Gasteiger partial charge in [-0.25, -0.2) is 0 Å². The molecule has 0 aromatic rings. The highest BCUT2D eigenvalue weighted by Crippen LogP contribution is 2.25. The largest absolute Gasteiger partial charge is 0.409 e. The molecule has 2 atom stereocenters. The van der Waals surface area contributed by atoms with Crippen LogP contribution in [0.2, 0.25) is 0 Å². The van der Waals surface area contributed by atoms with Crippen molar-refractivity contribution in [2.24, 2.45) is 22.2 Å². The Labute approximate surface area is 105 Å². The zero-order valence-electron chi connectivity index (χ0n) is 11.6. The lowest BCUT2D eigenvalue weighted by molar-refractivity contribution is 0.114. The monoisotopic (exact) mass is 241 g/mol. The van der Waals surface area contributed by atoms with Gasteiger partial charge in [-0.05, 0) is 38.6 Å². The highest BCUT2D eigenvalue weighted by molar-refractivity contribution is 5.85. The van der Waals surface area contributed by atoms with Gasteiger partial charge in [-0.3, -0.25) is 0 Å². The predicted molar refractivity (Wildman–Crippen MR) is 71.2 cm³/mol. The summed E-state index contributed by atoms with van der Waals surface area (Å²) in [5, 5.41) is 11.9. The minimum Gasteiger partial charge on any atom is -0.409 e. The molecule has 0 amide bonds. The average Bonchev–Trinajstić information content (AvgIpc) is 2.29. The Kier molecular flexibility index (Phi) is 4.80. The molecule has 4 nitrogen and oxygen atoms in total. The van der Waals surface area contributed by atoms with E-state index in [1.807, 2.05) is 13.8 Å². The van der Waals surface area contributed by atoms with Crippen molar-refractivity contribution in [3.05, 3.63) is 0 Å². The van der Waals surface area contributed by atoms with Crippen molar-refractivity contribution in [3.8, 4) is 0 Å². The van der Waals surface area contributed by atoms with Crippen LogP contribution in [0, 0.1) is 11.3 Å². The molecule has 0 aromatic heterocycles. The van der Waals surface area contributed by atoms with Gasteiger partial charge in [0.15, 0.2) is 0 Å². The van der Waals surface area contributed by atoms with Crippen LogP contribution in [0.3, 0.4) is 0 Å². The Balaban J connectivity index is 2.49. The van der Waals surface area contributed by atoms with Crippen molar-refractivity contribution in [2.45, 2.75) is 53.0 Å². The minimum absolute atomic E-state index is 0.227. The van der Waals surface area contributed by atoms with Gasteiger partial charge in [-0.1, -0.05) is 25.9 Å². The van der Waals surface area contributed by atoms with Crippen molar-refractivity contribution >= 4 is 5.84 Å². The standard InChI is InChI=1S/C13H27N3O/c1-10-5-6-11(2)16(9-10)8-7-13(3,4)12(14)15-17/h10-11,17H,5-9H2,1-4H3,(H2,14,15). The van der Waals surface area contributed by atoms with Crippen LogP contribution < -0.4 is 5.73 Å². The fraction of sp³-hybridized carbons (Fsp3) is 0.923. The lowest BCUT2D eigenvalue weighted by atomic mass is 9.86.